The third-order valence-electron chi connectivity index (χ3n) is 6.93. The first-order valence-electron chi connectivity index (χ1n) is 12.7. The van der Waals surface area contributed by atoms with Crippen LogP contribution in [0.1, 0.15) is 32.6 Å². The first-order chi connectivity index (χ1) is 17.6. The van der Waals surface area contributed by atoms with E-state index in [1.54, 1.807) is 12.1 Å². The fourth-order valence-corrected chi connectivity index (χ4v) is 6.31. The molecule has 206 valence electrons. The number of nitrogens with one attached hydrogen (secondary N) is 2. The number of rotatable bonds is 12. The fraction of sp³-hybridized carbons (Fsp3) is 0.577. The first-order valence-corrected chi connectivity index (χ1v) is 14.2. The van der Waals surface area contributed by atoms with E-state index in [0.29, 0.717) is 31.4 Å². The van der Waals surface area contributed by atoms with Crippen LogP contribution in [0, 0.1) is 0 Å². The summed E-state index contributed by atoms with van der Waals surface area (Å²) in [5.74, 6) is -0.289. The average Bonchev–Trinajstić information content (AvgIpc) is 2.85. The Bertz CT molecular complexity index is 1160. The number of likely N-dealkylation sites (tertiary alicyclic amines) is 1. The van der Waals surface area contributed by atoms with Gasteiger partial charge >= 0.3 is 0 Å². The van der Waals surface area contributed by atoms with E-state index in [1.165, 1.54) is 6.92 Å². The smallest absolute Gasteiger partial charge is 0.241 e. The van der Waals surface area contributed by atoms with E-state index in [1.807, 2.05) is 48.2 Å². The molecule has 5 N–H and O–H groups in total. The second-order valence-electron chi connectivity index (χ2n) is 9.87. The van der Waals surface area contributed by atoms with Crippen molar-refractivity contribution in [3.8, 4) is 0 Å². The largest absolute Gasteiger partial charge is 0.395 e. The van der Waals surface area contributed by atoms with Crippen LogP contribution in [0.25, 0.3) is 10.8 Å². The third kappa shape index (κ3) is 7.18. The van der Waals surface area contributed by atoms with E-state index >= 15 is 0 Å². The standard InChI is InChI=1S/C26H40N4O6S/c1-18(32)28-21-16-30(23(17-31)26(34)25(21)33)15-7-5-4-6-14-27-37(35,36)24-13-9-10-19-20(24)11-8-12-22(19)29(2)3/h8-13,21,23,25-27,31,33-34H,4-7,14-17H2,1-3H3,(H,28,32)/t21-,23+,25+,26+/m0/s1. The number of amides is 1. The lowest BCUT2D eigenvalue weighted by Crippen LogP contribution is -2.66. The highest BCUT2D eigenvalue weighted by molar-refractivity contribution is 7.89. The van der Waals surface area contributed by atoms with Gasteiger partial charge in [0, 0.05) is 50.6 Å². The number of hydrogen-bond donors (Lipinski definition) is 5. The molecule has 10 nitrogen and oxygen atoms in total. The van der Waals surface area contributed by atoms with Gasteiger partial charge in [0.05, 0.1) is 29.7 Å². The van der Waals surface area contributed by atoms with E-state index in [2.05, 4.69) is 10.0 Å². The van der Waals surface area contributed by atoms with Crippen molar-refractivity contribution in [2.45, 2.75) is 61.8 Å². The van der Waals surface area contributed by atoms with Crippen molar-refractivity contribution in [2.24, 2.45) is 0 Å². The Morgan fingerprint density at radius 2 is 1.70 bits per heavy atom. The Labute approximate surface area is 219 Å². The van der Waals surface area contributed by atoms with Gasteiger partial charge < -0.3 is 25.5 Å². The Balaban J connectivity index is 1.48. The second kappa shape index (κ2) is 13.0. The van der Waals surface area contributed by atoms with Crippen LogP contribution in [0.2, 0.25) is 0 Å². The maximum atomic E-state index is 13.0. The third-order valence-corrected chi connectivity index (χ3v) is 8.45. The van der Waals surface area contributed by atoms with Crippen molar-refractivity contribution in [2.75, 3.05) is 45.2 Å². The molecule has 1 heterocycles. The van der Waals surface area contributed by atoms with Gasteiger partial charge in [0.1, 0.15) is 6.10 Å². The monoisotopic (exact) mass is 536 g/mol. The minimum Gasteiger partial charge on any atom is -0.395 e. The van der Waals surface area contributed by atoms with E-state index < -0.39 is 34.3 Å². The maximum absolute atomic E-state index is 13.0. The molecule has 0 bridgehead atoms. The van der Waals surface area contributed by atoms with Crippen molar-refractivity contribution in [3.63, 3.8) is 0 Å². The minimum absolute atomic E-state index is 0.267. The predicted molar refractivity (Wildman–Crippen MR) is 144 cm³/mol. The predicted octanol–water partition coefficient (Wildman–Crippen LogP) is 0.648. The number of hydrogen-bond acceptors (Lipinski definition) is 8. The zero-order valence-corrected chi connectivity index (χ0v) is 22.6. The summed E-state index contributed by atoms with van der Waals surface area (Å²) in [7, 11) is 0.186. The highest BCUT2D eigenvalue weighted by atomic mass is 32.2. The number of aliphatic hydroxyl groups is 3. The van der Waals surface area contributed by atoms with E-state index in [4.69, 9.17) is 0 Å². The van der Waals surface area contributed by atoms with Gasteiger partial charge in [-0.15, -0.1) is 0 Å². The molecule has 0 saturated carbocycles. The fourth-order valence-electron chi connectivity index (χ4n) is 5.02. The molecule has 4 atom stereocenters. The topological polar surface area (TPSA) is 142 Å². The molecule has 37 heavy (non-hydrogen) atoms. The summed E-state index contributed by atoms with van der Waals surface area (Å²) in [5, 5.41) is 34.6. The Kier molecular flexibility index (Phi) is 10.3. The zero-order chi connectivity index (χ0) is 27.2. The van der Waals surface area contributed by atoms with E-state index in [9.17, 15) is 28.5 Å². The van der Waals surface area contributed by atoms with Gasteiger partial charge in [0.15, 0.2) is 0 Å². The SMILES string of the molecule is CC(=O)N[C@H]1CN(CCCCCCNS(=O)(=O)c2cccc3c(N(C)C)cccc23)[C@H](CO)[C@@H](O)[C@@H]1O. The lowest BCUT2D eigenvalue weighted by Gasteiger charge is -2.45. The van der Waals surface area contributed by atoms with Crippen LogP contribution < -0.4 is 14.9 Å². The molecule has 3 rings (SSSR count). The number of benzene rings is 2. The van der Waals surface area contributed by atoms with Crippen molar-refractivity contribution in [1.82, 2.24) is 14.9 Å². The summed E-state index contributed by atoms with van der Waals surface area (Å²) in [5.41, 5.74) is 0.956. The Hall–Kier alpha value is -2.28. The average molecular weight is 537 g/mol. The minimum atomic E-state index is -3.67. The van der Waals surface area contributed by atoms with Gasteiger partial charge in [-0.25, -0.2) is 13.1 Å². The van der Waals surface area contributed by atoms with Gasteiger partial charge in [-0.3, -0.25) is 9.69 Å². The molecule has 0 aliphatic carbocycles. The first kappa shape index (κ1) is 29.3. The molecule has 2 aromatic rings. The second-order valence-corrected chi connectivity index (χ2v) is 11.6. The van der Waals surface area contributed by atoms with E-state index in [0.717, 1.165) is 30.3 Å². The molecule has 1 aliphatic rings. The summed E-state index contributed by atoms with van der Waals surface area (Å²) in [6.45, 7) is 2.31. The molecule has 1 aliphatic heterocycles. The van der Waals surface area contributed by atoms with E-state index in [-0.39, 0.29) is 17.4 Å². The molecule has 11 heteroatoms. The quantitative estimate of drug-likeness (QED) is 0.249. The maximum Gasteiger partial charge on any atom is 0.241 e. The van der Waals surface area contributed by atoms with Crippen LogP contribution in [0.4, 0.5) is 5.69 Å². The van der Waals surface area contributed by atoms with Crippen LogP contribution in [0.15, 0.2) is 41.3 Å². The van der Waals surface area contributed by atoms with Crippen LogP contribution in [-0.2, 0) is 14.8 Å². The number of anilines is 1. The summed E-state index contributed by atoms with van der Waals surface area (Å²) in [6.07, 6.45) is 0.789. The number of carbonyl (C=O) groups excluding carboxylic acids is 1. The normalized spacial score (nSPS) is 22.8. The van der Waals surface area contributed by atoms with Gasteiger partial charge in [-0.05, 0) is 31.5 Å². The molecular weight excluding hydrogens is 496 g/mol. The summed E-state index contributed by atoms with van der Waals surface area (Å²) in [6, 6.07) is 9.75. The number of fused-ring (bicyclic) bond motifs is 1. The van der Waals surface area contributed by atoms with Gasteiger partial charge in [0.2, 0.25) is 15.9 Å². The molecule has 0 spiro atoms. The molecular formula is C26H40N4O6S. The molecule has 2 aromatic carbocycles. The molecule has 0 radical (unpaired) electrons. The van der Waals surface area contributed by atoms with Crippen molar-refractivity contribution in [1.29, 1.82) is 0 Å². The number of carbonyl (C=O) groups is 1. The highest BCUT2D eigenvalue weighted by Crippen LogP contribution is 2.30. The van der Waals surface area contributed by atoms with Crippen molar-refractivity contribution in [3.05, 3.63) is 36.4 Å². The zero-order valence-electron chi connectivity index (χ0n) is 21.8. The molecule has 0 aromatic heterocycles. The summed E-state index contributed by atoms with van der Waals surface area (Å²) >= 11 is 0. The molecule has 1 saturated heterocycles. The number of sulfonamides is 1. The highest BCUT2D eigenvalue weighted by Gasteiger charge is 2.41. The molecule has 1 amide bonds. The summed E-state index contributed by atoms with van der Waals surface area (Å²) < 4.78 is 28.8. The van der Waals surface area contributed by atoms with Gasteiger partial charge in [-0.1, -0.05) is 37.1 Å². The van der Waals surface area contributed by atoms with Gasteiger partial charge in [0.25, 0.3) is 0 Å². The molecule has 1 fully saturated rings. The van der Waals surface area contributed by atoms with Crippen LogP contribution in [-0.4, -0.2) is 99.2 Å². The number of nitrogens with zero attached hydrogens (tertiary/aromatic N) is 2. The van der Waals surface area contributed by atoms with Crippen molar-refractivity contribution < 1.29 is 28.5 Å². The number of piperidine rings is 1. The van der Waals surface area contributed by atoms with Crippen LogP contribution in [0.5, 0.6) is 0 Å². The van der Waals surface area contributed by atoms with Crippen LogP contribution >= 0.6 is 0 Å². The lowest BCUT2D eigenvalue weighted by molar-refractivity contribution is -0.128. The number of aliphatic hydroxyl groups excluding tert-OH is 3. The summed E-state index contributed by atoms with van der Waals surface area (Å²) in [4.78, 5) is 15.5. The Morgan fingerprint density at radius 3 is 2.38 bits per heavy atom. The Morgan fingerprint density at radius 1 is 1.03 bits per heavy atom. The van der Waals surface area contributed by atoms with Crippen LogP contribution in [0.3, 0.4) is 0 Å². The number of unbranched alkanes of at least 4 members (excludes halogenated alkanes) is 3. The lowest BCUT2D eigenvalue weighted by atomic mass is 9.92. The van der Waals surface area contributed by atoms with Gasteiger partial charge in [-0.2, -0.15) is 0 Å². The molecule has 0 unspecified atom stereocenters. The van der Waals surface area contributed by atoms with Crippen molar-refractivity contribution >= 4 is 32.4 Å².